The van der Waals surface area contributed by atoms with E-state index in [1.54, 1.807) is 17.8 Å². The minimum Gasteiger partial charge on any atom is -0.481 e. The molecule has 1 saturated carbocycles. The number of aryl methyl sites for hydroxylation is 1. The number of hydrogen-bond donors (Lipinski definition) is 3. The molecule has 0 atom stereocenters. The minimum absolute atomic E-state index is 0.136. The third kappa shape index (κ3) is 3.65. The SMILES string of the molecule is Cn1nc(-c2ccccc2)cc1NC(=O)NCC1(C(=O)O)CCCC1. The van der Waals surface area contributed by atoms with Crippen molar-refractivity contribution in [3.63, 3.8) is 0 Å². The molecule has 1 aliphatic rings. The zero-order chi connectivity index (χ0) is 17.9. The van der Waals surface area contributed by atoms with Gasteiger partial charge in [0.2, 0.25) is 0 Å². The molecule has 1 aromatic heterocycles. The summed E-state index contributed by atoms with van der Waals surface area (Å²) >= 11 is 0. The minimum atomic E-state index is -0.836. The Morgan fingerprint density at radius 2 is 1.92 bits per heavy atom. The van der Waals surface area contributed by atoms with Gasteiger partial charge in [0.25, 0.3) is 0 Å². The number of carbonyl (C=O) groups excluding carboxylic acids is 1. The van der Waals surface area contributed by atoms with Crippen molar-refractivity contribution < 1.29 is 14.7 Å². The molecule has 0 aliphatic heterocycles. The summed E-state index contributed by atoms with van der Waals surface area (Å²) < 4.78 is 1.59. The molecule has 2 aromatic rings. The number of rotatable bonds is 5. The Bertz CT molecular complexity index is 764. The Labute approximate surface area is 146 Å². The number of anilines is 1. The van der Waals surface area contributed by atoms with Crippen LogP contribution in [0.2, 0.25) is 0 Å². The molecule has 7 nitrogen and oxygen atoms in total. The Hall–Kier alpha value is -2.83. The smallest absolute Gasteiger partial charge is 0.320 e. The third-order valence-corrected chi connectivity index (χ3v) is 4.79. The average molecular weight is 342 g/mol. The van der Waals surface area contributed by atoms with Gasteiger partial charge in [-0.15, -0.1) is 0 Å². The van der Waals surface area contributed by atoms with Gasteiger partial charge in [0, 0.05) is 25.2 Å². The van der Waals surface area contributed by atoms with Gasteiger partial charge in [-0.05, 0) is 12.8 Å². The Balaban J connectivity index is 1.63. The highest BCUT2D eigenvalue weighted by Crippen LogP contribution is 2.37. The lowest BCUT2D eigenvalue weighted by Crippen LogP contribution is -2.42. The van der Waals surface area contributed by atoms with E-state index in [4.69, 9.17) is 0 Å². The number of nitrogens with one attached hydrogen (secondary N) is 2. The molecule has 0 radical (unpaired) electrons. The maximum Gasteiger partial charge on any atom is 0.320 e. The Morgan fingerprint density at radius 3 is 2.56 bits per heavy atom. The lowest BCUT2D eigenvalue weighted by Gasteiger charge is -2.23. The second-order valence-electron chi connectivity index (χ2n) is 6.50. The summed E-state index contributed by atoms with van der Waals surface area (Å²) in [5.74, 6) is -0.288. The van der Waals surface area contributed by atoms with E-state index in [0.717, 1.165) is 24.1 Å². The van der Waals surface area contributed by atoms with E-state index in [1.807, 2.05) is 30.3 Å². The molecule has 3 rings (SSSR count). The molecular formula is C18H22N4O3. The highest BCUT2D eigenvalue weighted by atomic mass is 16.4. The first-order valence-corrected chi connectivity index (χ1v) is 8.38. The van der Waals surface area contributed by atoms with Gasteiger partial charge in [-0.3, -0.25) is 14.8 Å². The summed E-state index contributed by atoms with van der Waals surface area (Å²) in [4.78, 5) is 23.7. The number of carboxylic acid groups (broad SMARTS) is 1. The third-order valence-electron chi connectivity index (χ3n) is 4.79. The summed E-state index contributed by atoms with van der Waals surface area (Å²) in [6.45, 7) is 0.136. The molecular weight excluding hydrogens is 320 g/mol. The van der Waals surface area contributed by atoms with Crippen LogP contribution in [0.4, 0.5) is 10.6 Å². The molecule has 1 fully saturated rings. The van der Waals surface area contributed by atoms with Crippen LogP contribution in [0.5, 0.6) is 0 Å². The molecule has 0 bridgehead atoms. The van der Waals surface area contributed by atoms with Crippen molar-refractivity contribution in [2.24, 2.45) is 12.5 Å². The molecule has 0 saturated heterocycles. The molecule has 1 heterocycles. The number of urea groups is 1. The van der Waals surface area contributed by atoms with E-state index in [2.05, 4.69) is 15.7 Å². The number of benzene rings is 1. The van der Waals surface area contributed by atoms with Crippen molar-refractivity contribution in [3.8, 4) is 11.3 Å². The van der Waals surface area contributed by atoms with E-state index in [1.165, 1.54) is 0 Å². The highest BCUT2D eigenvalue weighted by molar-refractivity contribution is 5.89. The van der Waals surface area contributed by atoms with E-state index in [0.29, 0.717) is 18.7 Å². The van der Waals surface area contributed by atoms with E-state index >= 15 is 0 Å². The number of carbonyl (C=O) groups is 2. The van der Waals surface area contributed by atoms with Crippen molar-refractivity contribution in [2.75, 3.05) is 11.9 Å². The van der Waals surface area contributed by atoms with Crippen LogP contribution in [0.15, 0.2) is 36.4 Å². The van der Waals surface area contributed by atoms with Crippen molar-refractivity contribution in [1.82, 2.24) is 15.1 Å². The maximum atomic E-state index is 12.2. The largest absolute Gasteiger partial charge is 0.481 e. The van der Waals surface area contributed by atoms with Crippen molar-refractivity contribution in [1.29, 1.82) is 0 Å². The van der Waals surface area contributed by atoms with Crippen LogP contribution in [0.3, 0.4) is 0 Å². The normalized spacial score (nSPS) is 15.7. The topological polar surface area (TPSA) is 96.3 Å². The van der Waals surface area contributed by atoms with Gasteiger partial charge in [0.15, 0.2) is 0 Å². The van der Waals surface area contributed by atoms with Gasteiger partial charge in [-0.1, -0.05) is 43.2 Å². The van der Waals surface area contributed by atoms with Gasteiger partial charge in [-0.2, -0.15) is 5.10 Å². The quantitative estimate of drug-likeness (QED) is 0.778. The zero-order valence-electron chi connectivity index (χ0n) is 14.2. The zero-order valence-corrected chi connectivity index (χ0v) is 14.2. The van der Waals surface area contributed by atoms with Crippen LogP contribution in [0.1, 0.15) is 25.7 Å². The standard InChI is InChI=1S/C18H22N4O3/c1-22-15(11-14(21-22)13-7-3-2-4-8-13)20-17(25)19-12-18(16(23)24)9-5-6-10-18/h2-4,7-8,11H,5-6,9-10,12H2,1H3,(H,23,24)(H2,19,20,25). The van der Waals surface area contributed by atoms with Gasteiger partial charge < -0.3 is 10.4 Å². The highest BCUT2D eigenvalue weighted by Gasteiger charge is 2.41. The second-order valence-corrected chi connectivity index (χ2v) is 6.50. The summed E-state index contributed by atoms with van der Waals surface area (Å²) in [6.07, 6.45) is 2.98. The summed E-state index contributed by atoms with van der Waals surface area (Å²) in [7, 11) is 1.75. The first-order chi connectivity index (χ1) is 12.0. The number of amides is 2. The van der Waals surface area contributed by atoms with Crippen LogP contribution in [0.25, 0.3) is 11.3 Å². The fourth-order valence-corrected chi connectivity index (χ4v) is 3.26. The fourth-order valence-electron chi connectivity index (χ4n) is 3.26. The predicted octanol–water partition coefficient (Wildman–Crippen LogP) is 2.85. The molecule has 2 amide bonds. The van der Waals surface area contributed by atoms with Gasteiger partial charge >= 0.3 is 12.0 Å². The van der Waals surface area contributed by atoms with Crippen LogP contribution < -0.4 is 10.6 Å². The predicted molar refractivity (Wildman–Crippen MR) is 94.2 cm³/mol. The molecule has 3 N–H and O–H groups in total. The molecule has 1 aromatic carbocycles. The average Bonchev–Trinajstić information content (AvgIpc) is 3.22. The molecule has 0 unspecified atom stereocenters. The lowest BCUT2D eigenvalue weighted by molar-refractivity contribution is -0.148. The van der Waals surface area contributed by atoms with Crippen LogP contribution in [0, 0.1) is 5.41 Å². The summed E-state index contributed by atoms with van der Waals surface area (Å²) in [5, 5.41) is 19.3. The first kappa shape index (κ1) is 17.0. The molecule has 7 heteroatoms. The van der Waals surface area contributed by atoms with E-state index in [9.17, 15) is 14.7 Å². The van der Waals surface area contributed by atoms with Crippen molar-refractivity contribution >= 4 is 17.8 Å². The number of carboxylic acids is 1. The Morgan fingerprint density at radius 1 is 1.24 bits per heavy atom. The number of nitrogens with zero attached hydrogens (tertiary/aromatic N) is 2. The number of aliphatic carboxylic acids is 1. The number of aromatic nitrogens is 2. The van der Waals surface area contributed by atoms with Gasteiger partial charge in [-0.25, -0.2) is 4.79 Å². The van der Waals surface area contributed by atoms with Crippen LogP contribution in [-0.4, -0.2) is 33.4 Å². The van der Waals surface area contributed by atoms with Crippen molar-refractivity contribution in [3.05, 3.63) is 36.4 Å². The molecule has 1 aliphatic carbocycles. The van der Waals surface area contributed by atoms with E-state index < -0.39 is 17.4 Å². The lowest BCUT2D eigenvalue weighted by atomic mass is 9.86. The fraction of sp³-hybridized carbons (Fsp3) is 0.389. The second kappa shape index (κ2) is 6.96. The molecule has 132 valence electrons. The van der Waals surface area contributed by atoms with Gasteiger partial charge in [0.05, 0.1) is 11.1 Å². The first-order valence-electron chi connectivity index (χ1n) is 8.38. The van der Waals surface area contributed by atoms with Crippen LogP contribution >= 0.6 is 0 Å². The van der Waals surface area contributed by atoms with E-state index in [-0.39, 0.29) is 6.54 Å². The van der Waals surface area contributed by atoms with Gasteiger partial charge in [0.1, 0.15) is 5.82 Å². The Kier molecular flexibility index (Phi) is 4.74. The molecule has 25 heavy (non-hydrogen) atoms. The maximum absolute atomic E-state index is 12.2. The van der Waals surface area contributed by atoms with Crippen molar-refractivity contribution in [2.45, 2.75) is 25.7 Å². The molecule has 0 spiro atoms. The van der Waals surface area contributed by atoms with Crippen LogP contribution in [-0.2, 0) is 11.8 Å². The number of hydrogen-bond acceptors (Lipinski definition) is 3. The monoisotopic (exact) mass is 342 g/mol. The summed E-state index contributed by atoms with van der Waals surface area (Å²) in [5.41, 5.74) is 0.887. The summed E-state index contributed by atoms with van der Waals surface area (Å²) in [6, 6.07) is 11.0.